The van der Waals surface area contributed by atoms with Crippen LogP contribution in [0.3, 0.4) is 0 Å². The fraction of sp³-hybridized carbons (Fsp3) is 0.429. The Bertz CT molecular complexity index is 152. The van der Waals surface area contributed by atoms with Gasteiger partial charge in [-0.3, -0.25) is 9.68 Å². The second-order valence-corrected chi connectivity index (χ2v) is 1.52. The summed E-state index contributed by atoms with van der Waals surface area (Å²) < 4.78 is 0. The Morgan fingerprint density at radius 1 is 1.58 bits per heavy atom. The van der Waals surface area contributed by atoms with Gasteiger partial charge in [-0.2, -0.15) is 4.89 Å². The van der Waals surface area contributed by atoms with Gasteiger partial charge in [0.2, 0.25) is 0 Å². The molecule has 0 aliphatic heterocycles. The summed E-state index contributed by atoms with van der Waals surface area (Å²) in [4.78, 5) is 27.2. The van der Waals surface area contributed by atoms with Crippen molar-refractivity contribution in [1.82, 2.24) is 0 Å². The third-order valence-electron chi connectivity index (χ3n) is 0.635. The SMILES string of the molecule is C=CC(=O)OOC.CCC(=O)O. The van der Waals surface area contributed by atoms with Crippen LogP contribution in [0.2, 0.25) is 0 Å². The molecule has 12 heavy (non-hydrogen) atoms. The molecule has 0 bridgehead atoms. The minimum absolute atomic E-state index is 0.222. The van der Waals surface area contributed by atoms with Crippen molar-refractivity contribution in [3.63, 3.8) is 0 Å². The highest BCUT2D eigenvalue weighted by molar-refractivity contribution is 5.80. The van der Waals surface area contributed by atoms with E-state index < -0.39 is 11.9 Å². The number of carboxylic acids is 1. The van der Waals surface area contributed by atoms with Crippen LogP contribution < -0.4 is 0 Å². The lowest BCUT2D eigenvalue weighted by Gasteiger charge is -1.88. The van der Waals surface area contributed by atoms with E-state index in [-0.39, 0.29) is 6.42 Å². The Kier molecular flexibility index (Phi) is 10.6. The molecule has 0 aromatic carbocycles. The van der Waals surface area contributed by atoms with Crippen LogP contribution >= 0.6 is 0 Å². The van der Waals surface area contributed by atoms with Gasteiger partial charge in [0.1, 0.15) is 0 Å². The maximum Gasteiger partial charge on any atom is 0.365 e. The van der Waals surface area contributed by atoms with Gasteiger partial charge in [0.15, 0.2) is 0 Å². The van der Waals surface area contributed by atoms with Crippen LogP contribution in [0.15, 0.2) is 12.7 Å². The Hall–Kier alpha value is -1.36. The smallest absolute Gasteiger partial charge is 0.365 e. The molecule has 0 atom stereocenters. The Morgan fingerprint density at radius 2 is 2.00 bits per heavy atom. The molecule has 5 heteroatoms. The van der Waals surface area contributed by atoms with E-state index in [9.17, 15) is 9.59 Å². The highest BCUT2D eigenvalue weighted by Gasteiger charge is 1.88. The first-order valence-corrected chi connectivity index (χ1v) is 3.17. The summed E-state index contributed by atoms with van der Waals surface area (Å²) in [6.45, 7) is 4.72. The lowest BCUT2D eigenvalue weighted by Crippen LogP contribution is -1.96. The van der Waals surface area contributed by atoms with E-state index in [1.54, 1.807) is 6.92 Å². The Labute approximate surface area is 70.5 Å². The van der Waals surface area contributed by atoms with Crippen LogP contribution in [0.5, 0.6) is 0 Å². The molecular formula is C7H12O5. The van der Waals surface area contributed by atoms with Crippen LogP contribution in [-0.4, -0.2) is 24.2 Å². The number of rotatable bonds is 3. The van der Waals surface area contributed by atoms with E-state index in [1.165, 1.54) is 7.11 Å². The number of aliphatic carboxylic acids is 1. The van der Waals surface area contributed by atoms with E-state index >= 15 is 0 Å². The molecule has 0 radical (unpaired) electrons. The normalized spacial score (nSPS) is 7.50. The quantitative estimate of drug-likeness (QED) is 0.390. The molecule has 0 rings (SSSR count). The first kappa shape index (κ1) is 13.2. The van der Waals surface area contributed by atoms with Gasteiger partial charge in [0.05, 0.1) is 7.11 Å². The van der Waals surface area contributed by atoms with Gasteiger partial charge in [-0.05, 0) is 0 Å². The highest BCUT2D eigenvalue weighted by atomic mass is 17.2. The molecule has 0 aliphatic carbocycles. The van der Waals surface area contributed by atoms with Gasteiger partial charge in [0.25, 0.3) is 0 Å². The van der Waals surface area contributed by atoms with Crippen molar-refractivity contribution in [3.05, 3.63) is 12.7 Å². The van der Waals surface area contributed by atoms with Crippen LogP contribution in [-0.2, 0) is 19.4 Å². The standard InChI is InChI=1S/C4H6O3.C3H6O2/c1-3-4(5)7-6-2;1-2-3(4)5/h3H,1H2,2H3;2H2,1H3,(H,4,5). The van der Waals surface area contributed by atoms with Crippen molar-refractivity contribution >= 4 is 11.9 Å². The second kappa shape index (κ2) is 9.64. The maximum absolute atomic E-state index is 9.95. The molecule has 0 aliphatic rings. The minimum Gasteiger partial charge on any atom is -0.481 e. The van der Waals surface area contributed by atoms with Gasteiger partial charge in [0, 0.05) is 12.5 Å². The lowest BCUT2D eigenvalue weighted by molar-refractivity contribution is -0.249. The van der Waals surface area contributed by atoms with Crippen molar-refractivity contribution in [1.29, 1.82) is 0 Å². The monoisotopic (exact) mass is 176 g/mol. The van der Waals surface area contributed by atoms with Crippen molar-refractivity contribution in [2.75, 3.05) is 7.11 Å². The molecule has 0 heterocycles. The topological polar surface area (TPSA) is 72.8 Å². The fourth-order valence-electron chi connectivity index (χ4n) is 0.116. The molecular weight excluding hydrogens is 164 g/mol. The Balaban J connectivity index is 0. The lowest BCUT2D eigenvalue weighted by atomic mass is 10.5. The highest BCUT2D eigenvalue weighted by Crippen LogP contribution is 1.74. The number of carbonyl (C=O) groups is 2. The molecule has 1 N–H and O–H groups in total. The first-order valence-electron chi connectivity index (χ1n) is 3.17. The van der Waals surface area contributed by atoms with E-state index in [1.807, 2.05) is 0 Å². The van der Waals surface area contributed by atoms with Crippen LogP contribution in [0, 0.1) is 0 Å². The molecule has 70 valence electrons. The van der Waals surface area contributed by atoms with E-state index in [4.69, 9.17) is 5.11 Å². The zero-order chi connectivity index (χ0) is 9.98. The van der Waals surface area contributed by atoms with Crippen LogP contribution in [0.4, 0.5) is 0 Å². The van der Waals surface area contributed by atoms with E-state index in [0.717, 1.165) is 6.08 Å². The summed E-state index contributed by atoms with van der Waals surface area (Å²) in [6, 6.07) is 0. The molecule has 0 fully saturated rings. The molecule has 0 saturated heterocycles. The van der Waals surface area contributed by atoms with Gasteiger partial charge in [-0.15, -0.1) is 0 Å². The molecule has 0 unspecified atom stereocenters. The summed E-state index contributed by atoms with van der Waals surface area (Å²) in [7, 11) is 1.25. The summed E-state index contributed by atoms with van der Waals surface area (Å²) >= 11 is 0. The predicted octanol–water partition coefficient (Wildman–Crippen LogP) is 0.758. The first-order chi connectivity index (χ1) is 5.58. The van der Waals surface area contributed by atoms with Gasteiger partial charge in [-0.25, -0.2) is 4.79 Å². The summed E-state index contributed by atoms with van der Waals surface area (Å²) in [6.07, 6.45) is 1.24. The van der Waals surface area contributed by atoms with E-state index in [2.05, 4.69) is 16.4 Å². The van der Waals surface area contributed by atoms with Crippen LogP contribution in [0.25, 0.3) is 0 Å². The third kappa shape index (κ3) is 15.9. The number of hydrogen-bond acceptors (Lipinski definition) is 4. The Morgan fingerprint density at radius 3 is 2.08 bits per heavy atom. The van der Waals surface area contributed by atoms with Gasteiger partial charge >= 0.3 is 11.9 Å². The van der Waals surface area contributed by atoms with Crippen molar-refractivity contribution in [3.8, 4) is 0 Å². The molecule has 0 saturated carbocycles. The van der Waals surface area contributed by atoms with Crippen molar-refractivity contribution < 1.29 is 24.5 Å². The summed E-state index contributed by atoms with van der Waals surface area (Å²) in [5.74, 6) is -1.33. The van der Waals surface area contributed by atoms with Crippen molar-refractivity contribution in [2.45, 2.75) is 13.3 Å². The molecule has 0 aromatic heterocycles. The van der Waals surface area contributed by atoms with Crippen molar-refractivity contribution in [2.24, 2.45) is 0 Å². The molecule has 0 amide bonds. The number of hydrogen-bond donors (Lipinski definition) is 1. The summed E-state index contributed by atoms with van der Waals surface area (Å²) in [5.41, 5.74) is 0. The minimum atomic E-state index is -0.745. The number of carbonyl (C=O) groups excluding carboxylic acids is 1. The predicted molar refractivity (Wildman–Crippen MR) is 41.2 cm³/mol. The molecule has 0 aromatic rings. The largest absolute Gasteiger partial charge is 0.481 e. The molecule has 5 nitrogen and oxygen atoms in total. The second-order valence-electron chi connectivity index (χ2n) is 1.52. The average molecular weight is 176 g/mol. The zero-order valence-electron chi connectivity index (χ0n) is 7.07. The average Bonchev–Trinajstić information content (AvgIpc) is 2.06. The fourth-order valence-corrected chi connectivity index (χ4v) is 0.116. The van der Waals surface area contributed by atoms with E-state index in [0.29, 0.717) is 0 Å². The molecule has 0 spiro atoms. The van der Waals surface area contributed by atoms with Gasteiger partial charge < -0.3 is 5.11 Å². The number of carboxylic acid groups (broad SMARTS) is 1. The maximum atomic E-state index is 9.95. The zero-order valence-corrected chi connectivity index (χ0v) is 7.07. The van der Waals surface area contributed by atoms with Gasteiger partial charge in [-0.1, -0.05) is 13.5 Å². The summed E-state index contributed by atoms with van der Waals surface area (Å²) in [5, 5.41) is 7.72. The van der Waals surface area contributed by atoms with Crippen LogP contribution in [0.1, 0.15) is 13.3 Å². The third-order valence-corrected chi connectivity index (χ3v) is 0.635.